The Labute approximate surface area is 198 Å². The summed E-state index contributed by atoms with van der Waals surface area (Å²) in [6.07, 6.45) is 3.73. The second-order valence-corrected chi connectivity index (χ2v) is 10.9. The van der Waals surface area contributed by atoms with E-state index in [2.05, 4.69) is 79.5 Å². The van der Waals surface area contributed by atoms with E-state index in [1.54, 1.807) is 11.9 Å². The van der Waals surface area contributed by atoms with Gasteiger partial charge in [-0.2, -0.15) is 0 Å². The zero-order chi connectivity index (χ0) is 22.7. The van der Waals surface area contributed by atoms with Gasteiger partial charge in [0.25, 0.3) is 0 Å². The van der Waals surface area contributed by atoms with Gasteiger partial charge in [0.05, 0.1) is 6.10 Å². The number of nitrogens with zero attached hydrogens (tertiary/aromatic N) is 2. The number of ether oxygens (including phenoxy) is 1. The van der Waals surface area contributed by atoms with E-state index in [9.17, 15) is 5.11 Å². The number of anilines is 1. The van der Waals surface area contributed by atoms with Crippen LogP contribution >= 0.6 is 11.9 Å². The van der Waals surface area contributed by atoms with Gasteiger partial charge in [-0.3, -0.25) is 0 Å². The maximum absolute atomic E-state index is 11.0. The third-order valence-corrected chi connectivity index (χ3v) is 7.79. The molecule has 1 fully saturated rings. The molecule has 0 aromatic heterocycles. The number of rotatable bonds is 7. The molecule has 1 saturated heterocycles. The zero-order valence-corrected chi connectivity index (χ0v) is 20.8. The summed E-state index contributed by atoms with van der Waals surface area (Å²) >= 11 is 1.75. The number of aliphatic hydroxyl groups excluding tert-OH is 1. The molecule has 2 atom stereocenters. The van der Waals surface area contributed by atoms with Crippen molar-refractivity contribution in [2.24, 2.45) is 11.8 Å². The maximum Gasteiger partial charge on any atom is 0.125 e. The predicted octanol–water partition coefficient (Wildman–Crippen LogP) is 5.95. The van der Waals surface area contributed by atoms with E-state index in [-0.39, 0.29) is 6.10 Å². The molecule has 2 aliphatic rings. The van der Waals surface area contributed by atoms with E-state index < -0.39 is 6.10 Å². The van der Waals surface area contributed by atoms with E-state index in [1.165, 1.54) is 11.3 Å². The first-order valence-electron chi connectivity index (χ1n) is 12.1. The number of hydrogen-bond acceptors (Lipinski definition) is 5. The molecule has 2 aliphatic heterocycles. The Morgan fingerprint density at radius 2 is 1.84 bits per heavy atom. The van der Waals surface area contributed by atoms with Crippen LogP contribution in [0.15, 0.2) is 47.4 Å². The van der Waals surface area contributed by atoms with E-state index >= 15 is 0 Å². The molecule has 0 saturated carbocycles. The number of fused-ring (bicyclic) bond motifs is 1. The van der Waals surface area contributed by atoms with Crippen LogP contribution in [0.5, 0.6) is 5.75 Å². The van der Waals surface area contributed by atoms with Gasteiger partial charge in [0.2, 0.25) is 0 Å². The number of aryl methyl sites for hydroxylation is 1. The molecule has 174 valence electrons. The molecule has 1 N–H and O–H groups in total. The van der Waals surface area contributed by atoms with Crippen LogP contribution in [0, 0.1) is 11.8 Å². The second-order valence-electron chi connectivity index (χ2n) is 9.81. The monoisotopic (exact) mass is 454 g/mol. The van der Waals surface area contributed by atoms with Gasteiger partial charge in [-0.05, 0) is 99.1 Å². The fraction of sp³-hybridized carbons (Fsp3) is 0.556. The van der Waals surface area contributed by atoms with Crippen LogP contribution in [0.1, 0.15) is 57.3 Å². The van der Waals surface area contributed by atoms with Gasteiger partial charge >= 0.3 is 0 Å². The molecular formula is C27H38N2O2S. The van der Waals surface area contributed by atoms with Gasteiger partial charge in [0.15, 0.2) is 0 Å². The molecule has 0 bridgehead atoms. The van der Waals surface area contributed by atoms with Crippen molar-refractivity contribution in [2.45, 2.75) is 63.6 Å². The van der Waals surface area contributed by atoms with E-state index in [1.807, 2.05) is 0 Å². The lowest BCUT2D eigenvalue weighted by Crippen LogP contribution is -2.40. The summed E-state index contributed by atoms with van der Waals surface area (Å²) in [5.41, 5.74) is 3.51. The first-order valence-corrected chi connectivity index (χ1v) is 12.9. The lowest BCUT2D eigenvalue weighted by Gasteiger charge is -2.38. The Morgan fingerprint density at radius 3 is 2.50 bits per heavy atom. The molecule has 32 heavy (non-hydrogen) atoms. The van der Waals surface area contributed by atoms with Crippen LogP contribution in [0.2, 0.25) is 0 Å². The van der Waals surface area contributed by atoms with Gasteiger partial charge in [0, 0.05) is 29.1 Å². The van der Waals surface area contributed by atoms with Crippen molar-refractivity contribution in [3.63, 3.8) is 0 Å². The minimum absolute atomic E-state index is 0.124. The van der Waals surface area contributed by atoms with Gasteiger partial charge in [-0.25, -0.2) is 0 Å². The standard InChI is InChI=1S/C27H38N2O2S/c1-5-20-6-8-22(9-7-20)29(18-19(2)3)32-23-10-11-26-24(16-23)25(30)17-27(31-26)21-12-14-28(4)15-13-21/h6-11,16,19,21,25,27,30H,5,12-15,17-18H2,1-4H3. The average Bonchev–Trinajstić information content (AvgIpc) is 2.79. The summed E-state index contributed by atoms with van der Waals surface area (Å²) in [5, 5.41) is 11.0. The Bertz CT molecular complexity index is 878. The fourth-order valence-corrected chi connectivity index (χ4v) is 5.91. The van der Waals surface area contributed by atoms with E-state index in [4.69, 9.17) is 4.74 Å². The summed E-state index contributed by atoms with van der Waals surface area (Å²) in [6, 6.07) is 15.2. The van der Waals surface area contributed by atoms with Crippen LogP contribution < -0.4 is 9.04 Å². The SMILES string of the molecule is CCc1ccc(N(CC(C)C)Sc2ccc3c(c2)C(O)CC(C2CCN(C)CC2)O3)cc1. The Kier molecular flexibility index (Phi) is 7.70. The highest BCUT2D eigenvalue weighted by molar-refractivity contribution is 8.00. The maximum atomic E-state index is 11.0. The Morgan fingerprint density at radius 1 is 1.12 bits per heavy atom. The summed E-state index contributed by atoms with van der Waals surface area (Å²) in [4.78, 5) is 3.52. The van der Waals surface area contributed by atoms with Gasteiger partial charge in [0.1, 0.15) is 11.9 Å². The number of piperidine rings is 1. The number of aliphatic hydroxyl groups is 1. The molecule has 2 unspecified atom stereocenters. The molecule has 4 rings (SSSR count). The Balaban J connectivity index is 1.49. The minimum Gasteiger partial charge on any atom is -0.490 e. The van der Waals surface area contributed by atoms with Crippen LogP contribution in [0.25, 0.3) is 0 Å². The topological polar surface area (TPSA) is 35.9 Å². The van der Waals surface area contributed by atoms with Crippen molar-refractivity contribution >= 4 is 17.6 Å². The second kappa shape index (κ2) is 10.5. The summed E-state index contributed by atoms with van der Waals surface area (Å²) in [7, 11) is 2.18. The predicted molar refractivity (Wildman–Crippen MR) is 135 cm³/mol. The average molecular weight is 455 g/mol. The summed E-state index contributed by atoms with van der Waals surface area (Å²) in [5.74, 6) is 1.95. The molecule has 2 heterocycles. The molecule has 2 aromatic rings. The Hall–Kier alpha value is -1.69. The highest BCUT2D eigenvalue weighted by Crippen LogP contribution is 2.41. The van der Waals surface area contributed by atoms with E-state index in [0.717, 1.165) is 55.1 Å². The van der Waals surface area contributed by atoms with E-state index in [0.29, 0.717) is 18.3 Å². The van der Waals surface area contributed by atoms with Crippen molar-refractivity contribution in [3.05, 3.63) is 53.6 Å². The van der Waals surface area contributed by atoms with Crippen molar-refractivity contribution in [2.75, 3.05) is 31.0 Å². The molecule has 0 amide bonds. The van der Waals surface area contributed by atoms with Crippen molar-refractivity contribution in [1.82, 2.24) is 4.90 Å². The summed E-state index contributed by atoms with van der Waals surface area (Å²) in [6.45, 7) is 9.89. The third kappa shape index (κ3) is 5.62. The minimum atomic E-state index is -0.452. The molecule has 0 radical (unpaired) electrons. The van der Waals surface area contributed by atoms with Crippen LogP contribution in [-0.2, 0) is 6.42 Å². The molecule has 5 heteroatoms. The van der Waals surface area contributed by atoms with Crippen LogP contribution in [-0.4, -0.2) is 42.8 Å². The molecule has 2 aromatic carbocycles. The largest absolute Gasteiger partial charge is 0.490 e. The third-order valence-electron chi connectivity index (χ3n) is 6.74. The van der Waals surface area contributed by atoms with Crippen LogP contribution in [0.4, 0.5) is 5.69 Å². The molecule has 0 aliphatic carbocycles. The smallest absolute Gasteiger partial charge is 0.125 e. The molecule has 0 spiro atoms. The molecular weight excluding hydrogens is 416 g/mol. The van der Waals surface area contributed by atoms with Gasteiger partial charge < -0.3 is 19.0 Å². The zero-order valence-electron chi connectivity index (χ0n) is 20.0. The normalized spacial score (nSPS) is 21.9. The van der Waals surface area contributed by atoms with Crippen molar-refractivity contribution in [3.8, 4) is 5.75 Å². The van der Waals surface area contributed by atoms with Gasteiger partial charge in [-0.1, -0.05) is 32.9 Å². The quantitative estimate of drug-likeness (QED) is 0.524. The number of likely N-dealkylation sites (tertiary alicyclic amines) is 1. The van der Waals surface area contributed by atoms with Gasteiger partial charge in [-0.15, -0.1) is 0 Å². The molecule has 4 nitrogen and oxygen atoms in total. The number of benzene rings is 2. The summed E-state index contributed by atoms with van der Waals surface area (Å²) < 4.78 is 8.77. The highest BCUT2D eigenvalue weighted by atomic mass is 32.2. The first-order chi connectivity index (χ1) is 15.4. The lowest BCUT2D eigenvalue weighted by molar-refractivity contribution is 0.0155. The van der Waals surface area contributed by atoms with Crippen molar-refractivity contribution < 1.29 is 9.84 Å². The fourth-order valence-electron chi connectivity index (χ4n) is 4.75. The van der Waals surface area contributed by atoms with Crippen LogP contribution in [0.3, 0.4) is 0 Å². The highest BCUT2D eigenvalue weighted by Gasteiger charge is 2.34. The van der Waals surface area contributed by atoms with Crippen molar-refractivity contribution in [1.29, 1.82) is 0 Å². The lowest BCUT2D eigenvalue weighted by atomic mass is 9.85. The first kappa shape index (κ1) is 23.5. The number of hydrogen-bond donors (Lipinski definition) is 1.